The Labute approximate surface area is 165 Å². The first-order valence-corrected chi connectivity index (χ1v) is 8.26. The first-order chi connectivity index (χ1) is 13.6. The number of carbonyl (C=O) groups is 2. The van der Waals surface area contributed by atoms with Crippen molar-refractivity contribution >= 4 is 11.9 Å². The van der Waals surface area contributed by atoms with Crippen molar-refractivity contribution in [1.29, 1.82) is 0 Å². The van der Waals surface area contributed by atoms with Gasteiger partial charge in [0.2, 0.25) is 0 Å². The molecule has 10 nitrogen and oxygen atoms in total. The van der Waals surface area contributed by atoms with E-state index < -0.39 is 24.1 Å². The highest BCUT2D eigenvalue weighted by Crippen LogP contribution is 2.30. The zero-order valence-electron chi connectivity index (χ0n) is 15.6. The van der Waals surface area contributed by atoms with Gasteiger partial charge in [-0.3, -0.25) is 0 Å². The van der Waals surface area contributed by atoms with Crippen LogP contribution >= 0.6 is 0 Å². The second-order valence-electron chi connectivity index (χ2n) is 5.57. The van der Waals surface area contributed by atoms with Gasteiger partial charge in [0.05, 0.1) is 13.7 Å². The number of phenols is 2. The molecule has 2 aromatic rings. The van der Waals surface area contributed by atoms with Gasteiger partial charge in [-0.2, -0.15) is 0 Å². The summed E-state index contributed by atoms with van der Waals surface area (Å²) in [5.41, 5.74) is 0.330. The highest BCUT2D eigenvalue weighted by Gasteiger charge is 2.18. The minimum atomic E-state index is -1.61. The standard InChI is InChI=1S/C10H12O5.C9H10O5/c1-2-15-8-5-6(3-4-7(8)11)9(12)10(13)14;1-14-7-4-5(2-3-6(7)10)8(11)9(12)13/h3-5,9,11-12H,2H2,1H3,(H,13,14);2-4,8,10-11H,1H3,(H,12,13). The summed E-state index contributed by atoms with van der Waals surface area (Å²) in [6.45, 7) is 2.08. The Bertz CT molecular complexity index is 849. The Hall–Kier alpha value is -3.50. The van der Waals surface area contributed by atoms with Gasteiger partial charge in [0.1, 0.15) is 0 Å². The highest BCUT2D eigenvalue weighted by molar-refractivity contribution is 5.75. The molecule has 6 N–H and O–H groups in total. The number of benzene rings is 2. The molecule has 0 saturated heterocycles. The van der Waals surface area contributed by atoms with Crippen LogP contribution in [0.5, 0.6) is 23.0 Å². The van der Waals surface area contributed by atoms with E-state index in [2.05, 4.69) is 0 Å². The molecular formula is C19H22O10. The van der Waals surface area contributed by atoms with Crippen LogP contribution in [-0.4, -0.2) is 56.3 Å². The molecule has 0 aromatic heterocycles. The number of carboxylic acid groups (broad SMARTS) is 2. The molecule has 0 aliphatic heterocycles. The van der Waals surface area contributed by atoms with Crippen LogP contribution in [0.3, 0.4) is 0 Å². The van der Waals surface area contributed by atoms with E-state index in [1.54, 1.807) is 6.92 Å². The molecule has 0 aliphatic rings. The van der Waals surface area contributed by atoms with Crippen molar-refractivity contribution in [2.75, 3.05) is 13.7 Å². The zero-order valence-corrected chi connectivity index (χ0v) is 15.6. The first-order valence-electron chi connectivity index (χ1n) is 8.26. The molecule has 2 rings (SSSR count). The third-order valence-electron chi connectivity index (χ3n) is 3.59. The molecule has 0 heterocycles. The van der Waals surface area contributed by atoms with E-state index in [9.17, 15) is 30.0 Å². The molecule has 29 heavy (non-hydrogen) atoms. The van der Waals surface area contributed by atoms with Crippen molar-refractivity contribution in [3.8, 4) is 23.0 Å². The van der Waals surface area contributed by atoms with Crippen LogP contribution in [0.2, 0.25) is 0 Å². The van der Waals surface area contributed by atoms with Gasteiger partial charge in [-0.25, -0.2) is 9.59 Å². The monoisotopic (exact) mass is 410 g/mol. The molecule has 2 unspecified atom stereocenters. The van der Waals surface area contributed by atoms with E-state index in [1.165, 1.54) is 43.5 Å². The molecule has 0 aliphatic carbocycles. The lowest BCUT2D eigenvalue weighted by Gasteiger charge is -2.10. The highest BCUT2D eigenvalue weighted by atomic mass is 16.5. The van der Waals surface area contributed by atoms with Crippen LogP contribution in [0.1, 0.15) is 30.3 Å². The Morgan fingerprint density at radius 1 is 0.862 bits per heavy atom. The molecule has 158 valence electrons. The molecule has 2 aromatic carbocycles. The number of hydrogen-bond acceptors (Lipinski definition) is 8. The summed E-state index contributed by atoms with van der Waals surface area (Å²) in [5, 5.41) is 54.0. The van der Waals surface area contributed by atoms with E-state index in [0.29, 0.717) is 6.61 Å². The van der Waals surface area contributed by atoms with E-state index in [1.807, 2.05) is 0 Å². The van der Waals surface area contributed by atoms with Crippen LogP contribution < -0.4 is 9.47 Å². The van der Waals surface area contributed by atoms with Crippen molar-refractivity contribution in [2.45, 2.75) is 19.1 Å². The van der Waals surface area contributed by atoms with Crippen LogP contribution in [0.4, 0.5) is 0 Å². The minimum absolute atomic E-state index is 0.0850. The molecule has 10 heteroatoms. The fourth-order valence-corrected chi connectivity index (χ4v) is 2.12. The van der Waals surface area contributed by atoms with Crippen LogP contribution in [-0.2, 0) is 9.59 Å². The number of methoxy groups -OCH3 is 1. The minimum Gasteiger partial charge on any atom is -0.504 e. The summed E-state index contributed by atoms with van der Waals surface area (Å²) < 4.78 is 9.81. The SMILES string of the molecule is CCOc1cc(C(O)C(=O)O)ccc1O.COc1cc(C(O)C(=O)O)ccc1O. The molecule has 0 amide bonds. The molecule has 0 saturated carbocycles. The van der Waals surface area contributed by atoms with Gasteiger partial charge in [0.15, 0.2) is 35.2 Å². The summed E-state index contributed by atoms with van der Waals surface area (Å²) in [5.74, 6) is -2.59. The number of aliphatic hydroxyl groups is 2. The number of aromatic hydroxyl groups is 2. The average molecular weight is 410 g/mol. The normalized spacial score (nSPS) is 12.1. The van der Waals surface area contributed by atoms with Gasteiger partial charge < -0.3 is 40.1 Å². The number of hydrogen-bond donors (Lipinski definition) is 6. The number of ether oxygens (including phenoxy) is 2. The smallest absolute Gasteiger partial charge is 0.337 e. The van der Waals surface area contributed by atoms with Crippen LogP contribution in [0.25, 0.3) is 0 Å². The van der Waals surface area contributed by atoms with Crippen molar-refractivity contribution < 1.29 is 49.7 Å². The number of rotatable bonds is 7. The van der Waals surface area contributed by atoms with Crippen molar-refractivity contribution in [3.63, 3.8) is 0 Å². The van der Waals surface area contributed by atoms with E-state index >= 15 is 0 Å². The van der Waals surface area contributed by atoms with Crippen molar-refractivity contribution in [2.24, 2.45) is 0 Å². The maximum atomic E-state index is 10.5. The Morgan fingerprint density at radius 2 is 1.28 bits per heavy atom. The lowest BCUT2D eigenvalue weighted by molar-refractivity contribution is -0.147. The molecule has 2 atom stereocenters. The van der Waals surface area contributed by atoms with Crippen LogP contribution in [0.15, 0.2) is 36.4 Å². The summed E-state index contributed by atoms with van der Waals surface area (Å²) in [7, 11) is 1.34. The van der Waals surface area contributed by atoms with Gasteiger partial charge in [0.25, 0.3) is 0 Å². The quantitative estimate of drug-likeness (QED) is 0.392. The van der Waals surface area contributed by atoms with E-state index in [-0.39, 0.29) is 34.1 Å². The average Bonchev–Trinajstić information content (AvgIpc) is 2.69. The topological polar surface area (TPSA) is 174 Å². The Kier molecular flexibility index (Phi) is 8.71. The van der Waals surface area contributed by atoms with Crippen molar-refractivity contribution in [1.82, 2.24) is 0 Å². The van der Waals surface area contributed by atoms with E-state index in [4.69, 9.17) is 19.7 Å². The number of aliphatic carboxylic acids is 2. The lowest BCUT2D eigenvalue weighted by Crippen LogP contribution is -2.10. The first kappa shape index (κ1) is 23.5. The second kappa shape index (κ2) is 10.7. The van der Waals surface area contributed by atoms with Crippen molar-refractivity contribution in [3.05, 3.63) is 47.5 Å². The lowest BCUT2D eigenvalue weighted by atomic mass is 10.1. The third-order valence-corrected chi connectivity index (χ3v) is 3.59. The van der Waals surface area contributed by atoms with E-state index in [0.717, 1.165) is 0 Å². The largest absolute Gasteiger partial charge is 0.504 e. The maximum absolute atomic E-state index is 10.5. The van der Waals surface area contributed by atoms with Gasteiger partial charge in [-0.15, -0.1) is 0 Å². The maximum Gasteiger partial charge on any atom is 0.337 e. The third kappa shape index (κ3) is 6.55. The van der Waals surface area contributed by atoms with Crippen LogP contribution in [0, 0.1) is 0 Å². The Morgan fingerprint density at radius 3 is 1.66 bits per heavy atom. The summed E-state index contributed by atoms with van der Waals surface area (Å²) in [6.07, 6.45) is -3.21. The zero-order chi connectivity index (χ0) is 22.1. The number of phenolic OH excluding ortho intramolecular Hbond substituents is 2. The molecule has 0 spiro atoms. The number of carboxylic acids is 2. The predicted octanol–water partition coefficient (Wildman–Crippen LogP) is 1.43. The Balaban J connectivity index is 0.000000291. The summed E-state index contributed by atoms with van der Waals surface area (Å²) in [6, 6.07) is 7.77. The summed E-state index contributed by atoms with van der Waals surface area (Å²) >= 11 is 0. The second-order valence-corrected chi connectivity index (χ2v) is 5.57. The molecule has 0 radical (unpaired) electrons. The molecule has 0 bridgehead atoms. The molecule has 0 fully saturated rings. The summed E-state index contributed by atoms with van der Waals surface area (Å²) in [4.78, 5) is 20.9. The van der Waals surface area contributed by atoms with Gasteiger partial charge in [-0.1, -0.05) is 12.1 Å². The number of aliphatic hydroxyl groups excluding tert-OH is 2. The molecular weight excluding hydrogens is 388 g/mol. The predicted molar refractivity (Wildman–Crippen MR) is 99.1 cm³/mol. The van der Waals surface area contributed by atoms with Gasteiger partial charge >= 0.3 is 11.9 Å². The van der Waals surface area contributed by atoms with Gasteiger partial charge in [-0.05, 0) is 42.3 Å². The fourth-order valence-electron chi connectivity index (χ4n) is 2.12. The van der Waals surface area contributed by atoms with Gasteiger partial charge in [0, 0.05) is 0 Å². The fraction of sp³-hybridized carbons (Fsp3) is 0.263.